The van der Waals surface area contributed by atoms with Crippen LogP contribution in [0.5, 0.6) is 0 Å². The standard InChI is InChI=1S/C23H20N4O3/c1-15-13-21(27(26-15)18-11-9-16(10-12-18)14-22(28)29)25-23(30)24-20-8-4-6-17-5-2-3-7-19(17)20/h2-13H,14H2,1H3,(H,28,29)(H2,24,25,30). The molecule has 4 rings (SSSR count). The van der Waals surface area contributed by atoms with Crippen LogP contribution >= 0.6 is 0 Å². The Kier molecular flexibility index (Phi) is 5.17. The second-order valence-electron chi connectivity index (χ2n) is 6.93. The number of nitrogens with zero attached hydrogens (tertiary/aromatic N) is 2. The maximum Gasteiger partial charge on any atom is 0.324 e. The number of urea groups is 1. The van der Waals surface area contributed by atoms with Crippen LogP contribution in [0.1, 0.15) is 11.3 Å². The summed E-state index contributed by atoms with van der Waals surface area (Å²) in [5.41, 5.74) is 2.87. The molecule has 0 atom stereocenters. The third-order valence-corrected chi connectivity index (χ3v) is 4.65. The van der Waals surface area contributed by atoms with Gasteiger partial charge >= 0.3 is 12.0 Å². The van der Waals surface area contributed by atoms with Gasteiger partial charge in [0.15, 0.2) is 0 Å². The maximum atomic E-state index is 12.7. The van der Waals surface area contributed by atoms with Gasteiger partial charge in [0.2, 0.25) is 0 Å². The maximum absolute atomic E-state index is 12.7. The van der Waals surface area contributed by atoms with Crippen molar-refractivity contribution in [2.24, 2.45) is 0 Å². The van der Waals surface area contributed by atoms with Crippen molar-refractivity contribution >= 4 is 34.3 Å². The zero-order chi connectivity index (χ0) is 21.1. The number of benzene rings is 3. The van der Waals surface area contributed by atoms with Crippen molar-refractivity contribution in [1.82, 2.24) is 9.78 Å². The SMILES string of the molecule is Cc1cc(NC(=O)Nc2cccc3ccccc23)n(-c2ccc(CC(=O)O)cc2)n1. The van der Waals surface area contributed by atoms with Gasteiger partial charge in [-0.15, -0.1) is 0 Å². The summed E-state index contributed by atoms with van der Waals surface area (Å²) in [5, 5.41) is 21.1. The number of hydrogen-bond donors (Lipinski definition) is 3. The van der Waals surface area contributed by atoms with E-state index in [2.05, 4.69) is 15.7 Å². The van der Waals surface area contributed by atoms with E-state index in [4.69, 9.17) is 5.11 Å². The molecule has 0 unspecified atom stereocenters. The number of amides is 2. The molecule has 1 heterocycles. The van der Waals surface area contributed by atoms with E-state index in [-0.39, 0.29) is 12.5 Å². The minimum Gasteiger partial charge on any atom is -0.481 e. The number of aromatic nitrogens is 2. The summed E-state index contributed by atoms with van der Waals surface area (Å²) >= 11 is 0. The number of anilines is 2. The second kappa shape index (κ2) is 8.08. The zero-order valence-corrected chi connectivity index (χ0v) is 16.3. The van der Waals surface area contributed by atoms with Crippen LogP contribution in [0.4, 0.5) is 16.3 Å². The lowest BCUT2D eigenvalue weighted by Gasteiger charge is -2.12. The molecule has 0 fully saturated rings. The van der Waals surface area contributed by atoms with E-state index < -0.39 is 5.97 Å². The van der Waals surface area contributed by atoms with Crippen LogP contribution < -0.4 is 10.6 Å². The Morgan fingerprint density at radius 3 is 2.47 bits per heavy atom. The van der Waals surface area contributed by atoms with Crippen molar-refractivity contribution in [3.05, 3.63) is 84.1 Å². The smallest absolute Gasteiger partial charge is 0.324 e. The summed E-state index contributed by atoms with van der Waals surface area (Å²) in [5.74, 6) is -0.374. The lowest BCUT2D eigenvalue weighted by atomic mass is 10.1. The van der Waals surface area contributed by atoms with Gasteiger partial charge in [-0.2, -0.15) is 5.10 Å². The average Bonchev–Trinajstić information content (AvgIpc) is 3.08. The summed E-state index contributed by atoms with van der Waals surface area (Å²) in [4.78, 5) is 23.5. The van der Waals surface area contributed by atoms with Crippen LogP contribution in [-0.4, -0.2) is 26.9 Å². The first kappa shape index (κ1) is 19.2. The largest absolute Gasteiger partial charge is 0.481 e. The van der Waals surface area contributed by atoms with Crippen molar-refractivity contribution in [2.45, 2.75) is 13.3 Å². The van der Waals surface area contributed by atoms with Crippen molar-refractivity contribution in [1.29, 1.82) is 0 Å². The van der Waals surface area contributed by atoms with E-state index in [0.29, 0.717) is 17.1 Å². The first-order valence-corrected chi connectivity index (χ1v) is 9.43. The number of fused-ring (bicyclic) bond motifs is 1. The van der Waals surface area contributed by atoms with Gasteiger partial charge in [0.25, 0.3) is 0 Å². The van der Waals surface area contributed by atoms with Gasteiger partial charge in [0, 0.05) is 11.5 Å². The Labute approximate surface area is 173 Å². The molecule has 4 aromatic rings. The monoisotopic (exact) mass is 400 g/mol. The Morgan fingerprint density at radius 1 is 0.967 bits per heavy atom. The van der Waals surface area contributed by atoms with Gasteiger partial charge in [-0.1, -0.05) is 48.5 Å². The Bertz CT molecular complexity index is 1220. The van der Waals surface area contributed by atoms with Gasteiger partial charge in [0.05, 0.1) is 23.5 Å². The predicted octanol–water partition coefficient (Wildman–Crippen LogP) is 4.61. The van der Waals surface area contributed by atoms with E-state index >= 15 is 0 Å². The van der Waals surface area contributed by atoms with Crippen molar-refractivity contribution in [3.8, 4) is 5.69 Å². The molecule has 0 radical (unpaired) electrons. The minimum atomic E-state index is -0.884. The van der Waals surface area contributed by atoms with Gasteiger partial charge in [-0.25, -0.2) is 9.48 Å². The fourth-order valence-corrected chi connectivity index (χ4v) is 3.32. The average molecular weight is 400 g/mol. The summed E-state index contributed by atoms with van der Waals surface area (Å²) in [6.07, 6.45) is -0.0447. The van der Waals surface area contributed by atoms with Crippen molar-refractivity contribution in [2.75, 3.05) is 10.6 Å². The minimum absolute atomic E-state index is 0.0447. The van der Waals surface area contributed by atoms with E-state index in [1.54, 1.807) is 35.0 Å². The van der Waals surface area contributed by atoms with E-state index in [0.717, 1.165) is 22.2 Å². The molecule has 0 saturated heterocycles. The molecule has 30 heavy (non-hydrogen) atoms. The highest BCUT2D eigenvalue weighted by atomic mass is 16.4. The lowest BCUT2D eigenvalue weighted by Crippen LogP contribution is -2.21. The Hall–Kier alpha value is -4.13. The van der Waals surface area contributed by atoms with Crippen molar-refractivity contribution < 1.29 is 14.7 Å². The highest BCUT2D eigenvalue weighted by molar-refractivity contribution is 6.06. The number of hydrogen-bond acceptors (Lipinski definition) is 3. The molecule has 7 heteroatoms. The normalized spacial score (nSPS) is 10.7. The molecule has 150 valence electrons. The molecule has 7 nitrogen and oxygen atoms in total. The Balaban J connectivity index is 1.55. The van der Waals surface area contributed by atoms with Gasteiger partial charge in [-0.3, -0.25) is 10.1 Å². The molecule has 1 aromatic heterocycles. The van der Waals surface area contributed by atoms with Crippen LogP contribution in [0.15, 0.2) is 72.8 Å². The molecule has 0 spiro atoms. The number of carboxylic acid groups (broad SMARTS) is 1. The van der Waals surface area contributed by atoms with E-state index in [1.807, 2.05) is 49.4 Å². The van der Waals surface area contributed by atoms with Crippen LogP contribution in [0.3, 0.4) is 0 Å². The topological polar surface area (TPSA) is 96.2 Å². The first-order chi connectivity index (χ1) is 14.5. The van der Waals surface area contributed by atoms with Crippen LogP contribution in [0.25, 0.3) is 16.5 Å². The van der Waals surface area contributed by atoms with Gasteiger partial charge in [0.1, 0.15) is 5.82 Å². The molecule has 3 aromatic carbocycles. The number of rotatable bonds is 5. The zero-order valence-electron chi connectivity index (χ0n) is 16.3. The summed E-state index contributed by atoms with van der Waals surface area (Å²) in [6, 6.07) is 22.0. The second-order valence-corrected chi connectivity index (χ2v) is 6.93. The molecule has 0 aliphatic rings. The molecule has 0 aliphatic carbocycles. The van der Waals surface area contributed by atoms with Crippen molar-refractivity contribution in [3.63, 3.8) is 0 Å². The molecular weight excluding hydrogens is 380 g/mol. The number of aryl methyl sites for hydroxylation is 1. The highest BCUT2D eigenvalue weighted by Crippen LogP contribution is 2.24. The number of carboxylic acids is 1. The van der Waals surface area contributed by atoms with Crippen LogP contribution in [-0.2, 0) is 11.2 Å². The summed E-state index contributed by atoms with van der Waals surface area (Å²) in [7, 11) is 0. The highest BCUT2D eigenvalue weighted by Gasteiger charge is 2.12. The van der Waals surface area contributed by atoms with Crippen LogP contribution in [0.2, 0.25) is 0 Å². The predicted molar refractivity (Wildman–Crippen MR) is 116 cm³/mol. The molecule has 0 bridgehead atoms. The summed E-state index contributed by atoms with van der Waals surface area (Å²) in [6.45, 7) is 1.84. The first-order valence-electron chi connectivity index (χ1n) is 9.43. The summed E-state index contributed by atoms with van der Waals surface area (Å²) < 4.78 is 1.61. The number of carbonyl (C=O) groups excluding carboxylic acids is 1. The molecule has 3 N–H and O–H groups in total. The number of carbonyl (C=O) groups is 2. The van der Waals surface area contributed by atoms with Gasteiger partial charge in [-0.05, 0) is 36.1 Å². The molecule has 2 amide bonds. The fraction of sp³-hybridized carbons (Fsp3) is 0.0870. The van der Waals surface area contributed by atoms with E-state index in [1.165, 1.54) is 0 Å². The molecule has 0 saturated carbocycles. The Morgan fingerprint density at radius 2 is 1.70 bits per heavy atom. The van der Waals surface area contributed by atoms with E-state index in [9.17, 15) is 9.59 Å². The molecule has 0 aliphatic heterocycles. The molecular formula is C23H20N4O3. The fourth-order valence-electron chi connectivity index (χ4n) is 3.32. The third-order valence-electron chi connectivity index (χ3n) is 4.65. The van der Waals surface area contributed by atoms with Crippen LogP contribution in [0, 0.1) is 6.92 Å². The number of aliphatic carboxylic acids is 1. The number of nitrogens with one attached hydrogen (secondary N) is 2. The quantitative estimate of drug-likeness (QED) is 0.456. The van der Waals surface area contributed by atoms with Gasteiger partial charge < -0.3 is 10.4 Å². The third kappa shape index (κ3) is 4.15. The lowest BCUT2D eigenvalue weighted by molar-refractivity contribution is -0.136.